The second-order valence-corrected chi connectivity index (χ2v) is 4.24. The van der Waals surface area contributed by atoms with E-state index in [4.69, 9.17) is 15.6 Å². The number of nitrogen functional groups attached to an aromatic ring is 1. The van der Waals surface area contributed by atoms with Crippen molar-refractivity contribution in [3.63, 3.8) is 0 Å². The number of anilines is 1. The molecule has 18 heavy (non-hydrogen) atoms. The van der Waals surface area contributed by atoms with Crippen LogP contribution in [-0.2, 0) is 4.74 Å². The predicted molar refractivity (Wildman–Crippen MR) is 61.4 cm³/mol. The van der Waals surface area contributed by atoms with Crippen molar-refractivity contribution in [2.45, 2.75) is 24.7 Å². The number of aromatic nitrogens is 4. The van der Waals surface area contributed by atoms with Crippen molar-refractivity contribution < 1.29 is 14.9 Å². The van der Waals surface area contributed by atoms with Crippen LogP contribution < -0.4 is 5.73 Å². The molecule has 5 N–H and O–H groups in total. The van der Waals surface area contributed by atoms with Gasteiger partial charge in [0.05, 0.1) is 18.4 Å². The van der Waals surface area contributed by atoms with Crippen LogP contribution in [0.5, 0.6) is 0 Å². The number of aliphatic hydroxyl groups excluding tert-OH is 2. The molecule has 0 radical (unpaired) electrons. The molecular weight excluding hydrogens is 238 g/mol. The summed E-state index contributed by atoms with van der Waals surface area (Å²) >= 11 is 0. The third-order valence-electron chi connectivity index (χ3n) is 3.12. The summed E-state index contributed by atoms with van der Waals surface area (Å²) < 4.78 is 5.54. The van der Waals surface area contributed by atoms with Crippen LogP contribution in [0.25, 0.3) is 11.0 Å². The predicted octanol–water partition coefficient (Wildman–Crippen LogP) is -0.882. The number of ether oxygens (including phenoxy) is 1. The molecule has 3 heterocycles. The van der Waals surface area contributed by atoms with Gasteiger partial charge in [-0.05, 0) is 0 Å². The second-order valence-electron chi connectivity index (χ2n) is 4.24. The number of fused-ring (bicyclic) bond motifs is 1. The van der Waals surface area contributed by atoms with Gasteiger partial charge in [0, 0.05) is 6.42 Å². The molecule has 8 nitrogen and oxygen atoms in total. The van der Waals surface area contributed by atoms with E-state index >= 15 is 0 Å². The number of hydrogen-bond acceptors (Lipinski definition) is 7. The minimum absolute atomic E-state index is 0.221. The minimum atomic E-state index is -0.697. The lowest BCUT2D eigenvalue weighted by Gasteiger charge is -2.10. The highest BCUT2D eigenvalue weighted by molar-refractivity contribution is 5.85. The van der Waals surface area contributed by atoms with Crippen LogP contribution in [0.1, 0.15) is 18.2 Å². The van der Waals surface area contributed by atoms with E-state index in [1.54, 1.807) is 0 Å². The summed E-state index contributed by atoms with van der Waals surface area (Å²) in [6.45, 7) is -0.221. The van der Waals surface area contributed by atoms with Crippen LogP contribution in [0.2, 0.25) is 0 Å². The van der Waals surface area contributed by atoms with Crippen molar-refractivity contribution >= 4 is 16.9 Å². The highest BCUT2D eigenvalue weighted by Crippen LogP contribution is 2.34. The fourth-order valence-electron chi connectivity index (χ4n) is 2.17. The zero-order chi connectivity index (χ0) is 12.7. The van der Waals surface area contributed by atoms with E-state index < -0.39 is 12.2 Å². The average molecular weight is 251 g/mol. The Morgan fingerprint density at radius 2 is 2.28 bits per heavy atom. The van der Waals surface area contributed by atoms with Crippen molar-refractivity contribution in [2.75, 3.05) is 12.3 Å². The highest BCUT2D eigenvalue weighted by atomic mass is 16.5. The van der Waals surface area contributed by atoms with Gasteiger partial charge in [-0.3, -0.25) is 5.10 Å². The summed E-state index contributed by atoms with van der Waals surface area (Å²) in [5, 5.41) is 25.6. The van der Waals surface area contributed by atoms with Crippen molar-refractivity contribution in [3.05, 3.63) is 12.0 Å². The standard InChI is InChI=1S/C10H13N5O3/c11-10-9-8(12-3-13-10)7(14-15-9)5-1-4(17)6(2-16)18-5/h3-6,16-17H,1-2H2,(H,14,15)(H2,11,12,13)/t4-,5-,6-/m1/s1. The molecule has 0 spiro atoms. The lowest BCUT2D eigenvalue weighted by Crippen LogP contribution is -2.24. The molecule has 1 saturated heterocycles. The molecule has 2 aromatic rings. The number of hydrogen-bond donors (Lipinski definition) is 4. The first kappa shape index (κ1) is 11.3. The zero-order valence-corrected chi connectivity index (χ0v) is 9.45. The third kappa shape index (κ3) is 1.62. The molecule has 1 aliphatic rings. The summed E-state index contributed by atoms with van der Waals surface area (Å²) in [4.78, 5) is 7.96. The van der Waals surface area contributed by atoms with Crippen LogP contribution in [-0.4, -0.2) is 49.2 Å². The van der Waals surface area contributed by atoms with E-state index in [1.165, 1.54) is 6.33 Å². The minimum Gasteiger partial charge on any atom is -0.394 e. The van der Waals surface area contributed by atoms with Gasteiger partial charge in [0.1, 0.15) is 24.1 Å². The van der Waals surface area contributed by atoms with Gasteiger partial charge in [-0.15, -0.1) is 0 Å². The largest absolute Gasteiger partial charge is 0.394 e. The Bertz CT molecular complexity index is 572. The second kappa shape index (κ2) is 4.16. The van der Waals surface area contributed by atoms with Crippen LogP contribution >= 0.6 is 0 Å². The molecule has 0 bridgehead atoms. The van der Waals surface area contributed by atoms with Crippen LogP contribution in [0, 0.1) is 0 Å². The van der Waals surface area contributed by atoms with Crippen LogP contribution in [0.3, 0.4) is 0 Å². The summed E-state index contributed by atoms with van der Waals surface area (Å²) in [5.41, 5.74) is 7.40. The van der Waals surface area contributed by atoms with Crippen molar-refractivity contribution in [3.8, 4) is 0 Å². The Labute approximate surface area is 102 Å². The zero-order valence-electron chi connectivity index (χ0n) is 9.45. The van der Waals surface area contributed by atoms with Crippen molar-refractivity contribution in [1.82, 2.24) is 20.2 Å². The fraction of sp³-hybridized carbons (Fsp3) is 0.500. The number of H-pyrrole nitrogens is 1. The molecule has 0 amide bonds. The molecule has 0 unspecified atom stereocenters. The summed E-state index contributed by atoms with van der Waals surface area (Å²) in [6, 6.07) is 0. The van der Waals surface area contributed by atoms with Crippen LogP contribution in [0.15, 0.2) is 6.33 Å². The first-order valence-electron chi connectivity index (χ1n) is 5.59. The van der Waals surface area contributed by atoms with Crippen molar-refractivity contribution in [1.29, 1.82) is 0 Å². The van der Waals surface area contributed by atoms with Crippen molar-refractivity contribution in [2.24, 2.45) is 0 Å². The summed E-state index contributed by atoms with van der Waals surface area (Å²) in [5.74, 6) is 0.291. The Morgan fingerprint density at radius 3 is 3.00 bits per heavy atom. The molecule has 0 aromatic carbocycles. The average Bonchev–Trinajstić information content (AvgIpc) is 2.93. The number of nitrogens with one attached hydrogen (secondary N) is 1. The number of nitrogens with two attached hydrogens (primary N) is 1. The Hall–Kier alpha value is -1.77. The van der Waals surface area contributed by atoms with Gasteiger partial charge in [-0.1, -0.05) is 0 Å². The summed E-state index contributed by atoms with van der Waals surface area (Å²) in [6.07, 6.45) is 0.0828. The monoisotopic (exact) mass is 251 g/mol. The maximum absolute atomic E-state index is 9.71. The van der Waals surface area contributed by atoms with Gasteiger partial charge in [-0.25, -0.2) is 9.97 Å². The highest BCUT2D eigenvalue weighted by Gasteiger charge is 2.36. The van der Waals surface area contributed by atoms with Gasteiger partial charge in [0.2, 0.25) is 0 Å². The Kier molecular flexibility index (Phi) is 2.62. The van der Waals surface area contributed by atoms with Crippen LogP contribution in [0.4, 0.5) is 5.82 Å². The third-order valence-corrected chi connectivity index (χ3v) is 3.12. The molecule has 0 saturated carbocycles. The number of aliphatic hydroxyl groups is 2. The maximum atomic E-state index is 9.71. The molecule has 1 aliphatic heterocycles. The smallest absolute Gasteiger partial charge is 0.155 e. The molecule has 2 aromatic heterocycles. The van der Waals surface area contributed by atoms with E-state index in [0.717, 1.165) is 0 Å². The maximum Gasteiger partial charge on any atom is 0.155 e. The quantitative estimate of drug-likeness (QED) is 0.545. The first-order chi connectivity index (χ1) is 8.70. The van der Waals surface area contributed by atoms with E-state index in [-0.39, 0.29) is 12.7 Å². The Balaban J connectivity index is 1.99. The summed E-state index contributed by atoms with van der Waals surface area (Å²) in [7, 11) is 0. The van der Waals surface area contributed by atoms with Gasteiger partial charge in [0.15, 0.2) is 11.3 Å². The van der Waals surface area contributed by atoms with Gasteiger partial charge < -0.3 is 20.7 Å². The van der Waals surface area contributed by atoms with Gasteiger partial charge >= 0.3 is 0 Å². The number of aromatic amines is 1. The molecule has 3 rings (SSSR count). The topological polar surface area (TPSA) is 130 Å². The van der Waals surface area contributed by atoms with E-state index in [0.29, 0.717) is 29.0 Å². The lowest BCUT2D eigenvalue weighted by atomic mass is 10.1. The SMILES string of the molecule is Nc1ncnc2c([C@H]3C[C@@H](O)[C@@H](CO)O3)[nH]nc12. The lowest BCUT2D eigenvalue weighted by molar-refractivity contribution is -0.0232. The molecule has 96 valence electrons. The molecular formula is C10H13N5O3. The molecule has 1 fully saturated rings. The first-order valence-corrected chi connectivity index (χ1v) is 5.59. The van der Waals surface area contributed by atoms with E-state index in [1.807, 2.05) is 0 Å². The number of nitrogens with zero attached hydrogens (tertiary/aromatic N) is 3. The Morgan fingerprint density at radius 1 is 1.44 bits per heavy atom. The normalized spacial score (nSPS) is 28.0. The molecule has 3 atom stereocenters. The molecule has 8 heteroatoms. The molecule has 0 aliphatic carbocycles. The fourth-order valence-corrected chi connectivity index (χ4v) is 2.17. The number of rotatable bonds is 2. The van der Waals surface area contributed by atoms with E-state index in [2.05, 4.69) is 20.2 Å². The van der Waals surface area contributed by atoms with E-state index in [9.17, 15) is 5.11 Å². The van der Waals surface area contributed by atoms with Gasteiger partial charge in [-0.2, -0.15) is 5.10 Å². The van der Waals surface area contributed by atoms with Gasteiger partial charge in [0.25, 0.3) is 0 Å².